The Morgan fingerprint density at radius 1 is 0.562 bits per heavy atom. The van der Waals surface area contributed by atoms with Crippen LogP contribution < -0.4 is 10.4 Å². The fraction of sp³-hybridized carbons (Fsp3) is 0.261. The first-order valence-corrected chi connectivity index (χ1v) is 17.2. The summed E-state index contributed by atoms with van der Waals surface area (Å²) in [7, 11) is 8.56. The van der Waals surface area contributed by atoms with Crippen molar-refractivity contribution in [1.29, 1.82) is 0 Å². The third-order valence-corrected chi connectivity index (χ3v) is 9.22. The van der Waals surface area contributed by atoms with Crippen LogP contribution in [0, 0.1) is 0 Å². The Bertz CT molecular complexity index is 1950. The van der Waals surface area contributed by atoms with Gasteiger partial charge in [0.15, 0.2) is 0 Å². The van der Waals surface area contributed by atoms with Gasteiger partial charge in [-0.15, -0.1) is 0 Å². The second-order valence-corrected chi connectivity index (χ2v) is 14.0. The van der Waals surface area contributed by atoms with E-state index in [2.05, 4.69) is 201 Å². The van der Waals surface area contributed by atoms with Crippen LogP contribution in [0.15, 0.2) is 122 Å². The smallest absolute Gasteiger partial charge is 0.111 e. The van der Waals surface area contributed by atoms with Crippen molar-refractivity contribution in [2.75, 3.05) is 28.2 Å². The highest BCUT2D eigenvalue weighted by molar-refractivity contribution is 5.84. The Kier molecular flexibility index (Phi) is 10.7. The Morgan fingerprint density at radius 3 is 1.60 bits per heavy atom. The second kappa shape index (κ2) is 14.9. The summed E-state index contributed by atoms with van der Waals surface area (Å²) in [5, 5.41) is 2.79. The van der Waals surface area contributed by atoms with Crippen LogP contribution in [0.4, 0.5) is 0 Å². The van der Waals surface area contributed by atoms with E-state index in [9.17, 15) is 0 Å². The average Bonchev–Trinajstić information content (AvgIpc) is 3.43. The molecule has 48 heavy (non-hydrogen) atoms. The molecule has 0 spiro atoms. The van der Waals surface area contributed by atoms with Gasteiger partial charge in [0.1, 0.15) is 5.82 Å². The molecule has 0 aliphatic heterocycles. The Labute approximate surface area is 289 Å². The maximum atomic E-state index is 4.07. The molecule has 0 aromatic heterocycles. The average molecular weight is 633 g/mol. The molecule has 0 radical (unpaired) electrons. The van der Waals surface area contributed by atoms with Crippen LogP contribution in [0.2, 0.25) is 0 Å². The summed E-state index contributed by atoms with van der Waals surface area (Å²) in [5.41, 5.74) is 13.3. The van der Waals surface area contributed by atoms with Crippen molar-refractivity contribution in [3.63, 3.8) is 0 Å². The molecule has 2 nitrogen and oxygen atoms in total. The Hall–Kier alpha value is -4.82. The van der Waals surface area contributed by atoms with Crippen molar-refractivity contribution in [2.45, 2.75) is 52.4 Å². The number of fused-ring (bicyclic) bond motifs is 3. The van der Waals surface area contributed by atoms with E-state index >= 15 is 0 Å². The number of rotatable bonds is 8. The van der Waals surface area contributed by atoms with Gasteiger partial charge in [0.05, 0.1) is 0 Å². The maximum Gasteiger partial charge on any atom is 0.111 e. The summed E-state index contributed by atoms with van der Waals surface area (Å²) in [4.78, 5) is 4.48. The zero-order valence-corrected chi connectivity index (χ0v) is 30.4. The van der Waals surface area contributed by atoms with Crippen molar-refractivity contribution in [1.82, 2.24) is 9.80 Å². The summed E-state index contributed by atoms with van der Waals surface area (Å²) in [5.74, 6) is 2.47. The standard InChI is InChI=1S/C24H32N2.C22H20/c1-15(2)22-20-13-17-11-9-10-12-18(17)19(20)14-21(23(22)16(3)4)24(25(5)6)26(7)8;1-17(2)20-14-9-15-21(16-20)22(18-10-5-3-6-11-18)19-12-7-4-8-13-19/h9-16H,1-8H3;3-16,22H,1H2,2H3. The van der Waals surface area contributed by atoms with Crippen LogP contribution in [-0.2, 0) is 0 Å². The number of hydrogen-bond acceptors (Lipinski definition) is 2. The largest absolute Gasteiger partial charge is 0.364 e. The van der Waals surface area contributed by atoms with E-state index in [0.29, 0.717) is 11.8 Å². The zero-order valence-electron chi connectivity index (χ0n) is 30.4. The minimum absolute atomic E-state index is 0.252. The highest BCUT2D eigenvalue weighted by Gasteiger charge is 2.23. The second-order valence-electron chi connectivity index (χ2n) is 14.0. The van der Waals surface area contributed by atoms with Gasteiger partial charge in [0.25, 0.3) is 0 Å². The molecule has 1 aliphatic rings. The van der Waals surface area contributed by atoms with Gasteiger partial charge in [0.2, 0.25) is 0 Å². The molecular formula is C46H52N2. The van der Waals surface area contributed by atoms with Crippen LogP contribution in [-0.4, -0.2) is 38.0 Å². The topological polar surface area (TPSA) is 6.48 Å². The third-order valence-electron chi connectivity index (χ3n) is 9.22. The lowest BCUT2D eigenvalue weighted by atomic mass is 9.84. The summed E-state index contributed by atoms with van der Waals surface area (Å²) < 4.78 is 0. The number of hydrogen-bond donors (Lipinski definition) is 0. The van der Waals surface area contributed by atoms with Gasteiger partial charge in [-0.1, -0.05) is 149 Å². The van der Waals surface area contributed by atoms with E-state index in [-0.39, 0.29) is 5.92 Å². The van der Waals surface area contributed by atoms with Gasteiger partial charge in [-0.3, -0.25) is 0 Å². The number of benzene rings is 5. The maximum absolute atomic E-state index is 4.07. The summed E-state index contributed by atoms with van der Waals surface area (Å²) >= 11 is 0. The van der Waals surface area contributed by atoms with Crippen molar-refractivity contribution >= 4 is 17.5 Å². The quantitative estimate of drug-likeness (QED) is 0.154. The van der Waals surface area contributed by atoms with Gasteiger partial charge < -0.3 is 9.80 Å². The summed E-state index contributed by atoms with van der Waals surface area (Å²) in [6.07, 6.45) is 2.39. The molecule has 0 bridgehead atoms. The minimum Gasteiger partial charge on any atom is -0.364 e. The molecule has 6 rings (SSSR count). The number of nitrogens with zero attached hydrogens (tertiary/aromatic N) is 2. The van der Waals surface area contributed by atoms with E-state index < -0.39 is 0 Å². The van der Waals surface area contributed by atoms with Gasteiger partial charge >= 0.3 is 0 Å². The molecule has 1 aliphatic carbocycles. The Balaban J connectivity index is 0.000000190. The third kappa shape index (κ3) is 7.19. The molecule has 0 fully saturated rings. The fourth-order valence-electron chi connectivity index (χ4n) is 7.30. The lowest BCUT2D eigenvalue weighted by Crippen LogP contribution is -2.35. The lowest BCUT2D eigenvalue weighted by Gasteiger charge is -2.28. The normalized spacial score (nSPS) is 11.4. The molecule has 0 saturated carbocycles. The number of allylic oxidation sites excluding steroid dienone is 1. The first-order valence-electron chi connectivity index (χ1n) is 17.2. The molecule has 246 valence electrons. The van der Waals surface area contributed by atoms with E-state index in [4.69, 9.17) is 0 Å². The van der Waals surface area contributed by atoms with Crippen LogP contribution in [0.25, 0.3) is 28.6 Å². The molecule has 5 aromatic rings. The molecule has 2 heteroatoms. The van der Waals surface area contributed by atoms with E-state index in [0.717, 1.165) is 5.57 Å². The molecule has 0 atom stereocenters. The summed E-state index contributed by atoms with van der Waals surface area (Å²) in [6, 6.07) is 41.3. The predicted molar refractivity (Wildman–Crippen MR) is 209 cm³/mol. The van der Waals surface area contributed by atoms with Crippen LogP contribution in [0.3, 0.4) is 0 Å². The van der Waals surface area contributed by atoms with Crippen LogP contribution >= 0.6 is 0 Å². The first-order chi connectivity index (χ1) is 23.0. The van der Waals surface area contributed by atoms with E-state index in [1.807, 2.05) is 0 Å². The van der Waals surface area contributed by atoms with Gasteiger partial charge in [-0.05, 0) is 86.2 Å². The van der Waals surface area contributed by atoms with Gasteiger partial charge in [0, 0.05) is 39.3 Å². The van der Waals surface area contributed by atoms with Crippen molar-refractivity contribution < 1.29 is 0 Å². The van der Waals surface area contributed by atoms with Crippen LogP contribution in [0.1, 0.15) is 91.3 Å². The first kappa shape index (κ1) is 34.5. The van der Waals surface area contributed by atoms with E-state index in [1.165, 1.54) is 66.3 Å². The highest BCUT2D eigenvalue weighted by Crippen LogP contribution is 2.33. The van der Waals surface area contributed by atoms with Crippen LogP contribution in [0.5, 0.6) is 0 Å². The van der Waals surface area contributed by atoms with E-state index in [1.54, 1.807) is 0 Å². The molecule has 0 unspecified atom stereocenters. The molecule has 0 amide bonds. The lowest BCUT2D eigenvalue weighted by molar-refractivity contribution is 0.430. The van der Waals surface area contributed by atoms with Crippen molar-refractivity contribution in [2.24, 2.45) is 0 Å². The zero-order chi connectivity index (χ0) is 34.5. The molecule has 5 aromatic carbocycles. The highest BCUT2D eigenvalue weighted by atomic mass is 15.3. The van der Waals surface area contributed by atoms with Gasteiger partial charge in [-0.25, -0.2) is 0 Å². The predicted octanol–water partition coefficient (Wildman–Crippen LogP) is 9.83. The van der Waals surface area contributed by atoms with Crippen molar-refractivity contribution in [3.8, 4) is 11.1 Å². The SMILES string of the molecule is C=C(C)c1cccc(C(c2ccccc2)c2ccccc2)c1.CC(C)c1c(C(C)C)c2c(cc1=C(N(C)C)N(C)C)-c1ccccc1C=2. The minimum atomic E-state index is 0.252. The van der Waals surface area contributed by atoms with Crippen molar-refractivity contribution in [3.05, 3.63) is 171 Å². The molecule has 0 heterocycles. The van der Waals surface area contributed by atoms with Gasteiger partial charge in [-0.2, -0.15) is 0 Å². The summed E-state index contributed by atoms with van der Waals surface area (Å²) in [6.45, 7) is 15.4. The molecule has 0 saturated heterocycles. The molecule has 0 N–H and O–H groups in total. The Morgan fingerprint density at radius 2 is 1.08 bits per heavy atom. The molecular weight excluding hydrogens is 581 g/mol. The fourth-order valence-corrected chi connectivity index (χ4v) is 7.30. The monoisotopic (exact) mass is 632 g/mol.